The highest BCUT2D eigenvalue weighted by Crippen LogP contribution is 2.25. The van der Waals surface area contributed by atoms with E-state index in [9.17, 15) is 151 Å². The molecule has 25 atom stereocenters. The standard InChI is InChI=1S/C68H125N7O41/c76-25-15-36(80)50(93)55(98)63(104)109-28-18-39(83)61(114-66(107)56(99)51(94)37(81)16-26-77)59(102)64(105)110-30-23-72-42(85)10-4-1-7-20-69-44(87)32-74(34-46(89)71-22-9-3-6-12-49(92)116-75-47(90)13-14-48(75)91)33-45(88)70-21-8-2-5-11-43(86)73-24-31-111-65(106)60(103)62(115-67(108)57(100)52(95)38(82)17-27-78)40(84)19-29-112-68-58(101)54(97)53(96)41(35-79)113-68/h36-41,50-68,76-84,93-108H,1-35H2,(H,69,87)(H,70,88)(H,71,89)(H,72,85)(H,73,86). The maximum Gasteiger partial charge on any atom is 0.333 e. The third-order valence-electron chi connectivity index (χ3n) is 18.2. The second-order valence-electron chi connectivity index (χ2n) is 27.6. The van der Waals surface area contributed by atoms with Crippen LogP contribution in [0.4, 0.5) is 0 Å². The number of hydrogen-bond donors (Lipinski definition) is 30. The first-order chi connectivity index (χ1) is 55.0. The fourth-order valence-electron chi connectivity index (χ4n) is 11.2. The maximum atomic E-state index is 13.2. The van der Waals surface area contributed by atoms with Crippen molar-refractivity contribution in [3.63, 3.8) is 0 Å². The Morgan fingerprint density at radius 1 is 0.388 bits per heavy atom. The van der Waals surface area contributed by atoms with Gasteiger partial charge in [0.15, 0.2) is 37.7 Å². The molecule has 7 amide bonds. The van der Waals surface area contributed by atoms with Gasteiger partial charge in [-0.15, -0.1) is 5.06 Å². The Hall–Kier alpha value is -5.36. The van der Waals surface area contributed by atoms with Gasteiger partial charge in [-0.1, -0.05) is 19.3 Å². The van der Waals surface area contributed by atoms with Crippen LogP contribution in [0.3, 0.4) is 0 Å². The number of rotatable bonds is 67. The number of amides is 7. The molecule has 0 aromatic carbocycles. The van der Waals surface area contributed by atoms with Crippen LogP contribution >= 0.6 is 0 Å². The zero-order valence-electron chi connectivity index (χ0n) is 64.3. The lowest BCUT2D eigenvalue weighted by Gasteiger charge is -2.39. The van der Waals surface area contributed by atoms with Crippen LogP contribution in [-0.2, 0) is 76.4 Å². The molecule has 48 heteroatoms. The summed E-state index contributed by atoms with van der Waals surface area (Å²) >= 11 is 0. The van der Waals surface area contributed by atoms with E-state index in [0.29, 0.717) is 56.4 Å². The van der Waals surface area contributed by atoms with Gasteiger partial charge in [0, 0.05) is 84.6 Å². The van der Waals surface area contributed by atoms with Gasteiger partial charge < -0.3 is 192 Å². The van der Waals surface area contributed by atoms with Gasteiger partial charge >= 0.3 is 5.97 Å². The Balaban J connectivity index is 1.93. The summed E-state index contributed by atoms with van der Waals surface area (Å²) in [5.74, 6) is -4.78. The van der Waals surface area contributed by atoms with Gasteiger partial charge in [-0.2, -0.15) is 0 Å². The molecule has 2 fully saturated rings. The first kappa shape index (κ1) is 107. The number of hydrogen-bond acceptors (Lipinski definition) is 42. The van der Waals surface area contributed by atoms with Crippen LogP contribution in [0.1, 0.15) is 122 Å². The largest absolute Gasteiger partial charge is 0.396 e. The molecule has 0 aliphatic carbocycles. The minimum Gasteiger partial charge on any atom is -0.396 e. The van der Waals surface area contributed by atoms with E-state index in [4.69, 9.17) is 53.3 Å². The molecular formula is C68H125N7O41. The van der Waals surface area contributed by atoms with E-state index in [1.165, 1.54) is 4.90 Å². The fraction of sp³-hybridized carbons (Fsp3) is 0.882. The third kappa shape index (κ3) is 40.8. The van der Waals surface area contributed by atoms with Crippen LogP contribution in [-0.4, -0.2) is 444 Å². The Morgan fingerprint density at radius 3 is 1.13 bits per heavy atom. The fourth-order valence-corrected chi connectivity index (χ4v) is 11.2. The highest BCUT2D eigenvalue weighted by molar-refractivity contribution is 6.01. The van der Waals surface area contributed by atoms with Crippen molar-refractivity contribution in [2.24, 2.45) is 0 Å². The molecule has 25 unspecified atom stereocenters. The molecule has 48 nitrogen and oxygen atoms in total. The summed E-state index contributed by atoms with van der Waals surface area (Å²) in [5, 5.41) is 269. The molecule has 0 radical (unpaired) electrons. The molecule has 0 saturated carbocycles. The number of carbonyl (C=O) groups is 8. The van der Waals surface area contributed by atoms with Gasteiger partial charge in [-0.3, -0.25) is 38.5 Å². The van der Waals surface area contributed by atoms with Crippen LogP contribution in [0.25, 0.3) is 0 Å². The zero-order chi connectivity index (χ0) is 87.1. The number of ether oxygens (including phenoxy) is 7. The lowest BCUT2D eigenvalue weighted by molar-refractivity contribution is -0.304. The topological polar surface area (TPSA) is 783 Å². The summed E-state index contributed by atoms with van der Waals surface area (Å²) in [5.41, 5.74) is 0. The first-order valence-electron chi connectivity index (χ1n) is 38.2. The number of aliphatic hydroxyl groups is 25. The third-order valence-corrected chi connectivity index (χ3v) is 18.2. The van der Waals surface area contributed by atoms with Gasteiger partial charge in [0.25, 0.3) is 11.8 Å². The first-order valence-corrected chi connectivity index (χ1v) is 38.2. The molecule has 2 rings (SSSR count). The molecule has 2 aliphatic heterocycles. The second kappa shape index (κ2) is 59.4. The van der Waals surface area contributed by atoms with Crippen molar-refractivity contribution in [1.82, 2.24) is 36.5 Å². The van der Waals surface area contributed by atoms with Gasteiger partial charge in [-0.25, -0.2) is 4.79 Å². The Bertz CT molecular complexity index is 2730. The molecule has 2 saturated heterocycles. The lowest BCUT2D eigenvalue weighted by atomic mass is 9.99. The summed E-state index contributed by atoms with van der Waals surface area (Å²) in [7, 11) is 0. The van der Waals surface area contributed by atoms with E-state index in [1.54, 1.807) is 0 Å². The second-order valence-corrected chi connectivity index (χ2v) is 27.6. The van der Waals surface area contributed by atoms with Crippen molar-refractivity contribution in [3.05, 3.63) is 0 Å². The van der Waals surface area contributed by atoms with E-state index < -0.39 is 299 Å². The number of hydroxylamine groups is 2. The summed E-state index contributed by atoms with van der Waals surface area (Å²) in [4.78, 5) is 107. The molecule has 2 aliphatic rings. The van der Waals surface area contributed by atoms with Crippen LogP contribution in [0.15, 0.2) is 0 Å². The van der Waals surface area contributed by atoms with Crippen LogP contribution in [0.5, 0.6) is 0 Å². The minimum absolute atomic E-state index is 0.0374. The van der Waals surface area contributed by atoms with Crippen LogP contribution < -0.4 is 26.6 Å². The lowest BCUT2D eigenvalue weighted by Crippen LogP contribution is -2.59. The van der Waals surface area contributed by atoms with Crippen molar-refractivity contribution in [2.45, 2.75) is 276 Å². The van der Waals surface area contributed by atoms with Gasteiger partial charge in [0.1, 0.15) is 85.5 Å². The van der Waals surface area contributed by atoms with Crippen molar-refractivity contribution in [2.75, 3.05) is 105 Å². The SMILES string of the molecule is O=C(CCCCCNC(=O)CN(CC(=O)NCCCCCC(=O)NCCOC(O)C(O)C(OC(O)C(O)C(O)C(O)CCO)C(O)CCOC1OC(CO)C(O)C(O)C1O)CC(=O)NCCCCCC(=O)ON1C(=O)CCC1=O)NCCOC(O)C(O)C(OC(O)C(O)C(O)C(O)CCO)C(O)CCOC(O)C(O)C(O)C(O)CCO. The number of imide groups is 1. The average molecular weight is 1700 g/mol. The van der Waals surface area contributed by atoms with Crippen molar-refractivity contribution in [3.8, 4) is 0 Å². The molecule has 0 spiro atoms. The van der Waals surface area contributed by atoms with Gasteiger partial charge in [0.05, 0.1) is 83.2 Å². The Morgan fingerprint density at radius 2 is 0.741 bits per heavy atom. The molecule has 30 N–H and O–H groups in total. The van der Waals surface area contributed by atoms with E-state index in [1.807, 2.05) is 0 Å². The summed E-state index contributed by atoms with van der Waals surface area (Å²) < 4.78 is 36.4. The smallest absolute Gasteiger partial charge is 0.333 e. The average Bonchev–Trinajstić information content (AvgIpc) is 0.981. The predicted octanol–water partition coefficient (Wildman–Crippen LogP) is -15.0. The predicted molar refractivity (Wildman–Crippen MR) is 384 cm³/mol. The molecule has 2 heterocycles. The molecule has 0 bridgehead atoms. The molecule has 0 aromatic heterocycles. The van der Waals surface area contributed by atoms with E-state index in [-0.39, 0.29) is 77.7 Å². The van der Waals surface area contributed by atoms with Crippen molar-refractivity contribution < 1.29 is 204 Å². The van der Waals surface area contributed by atoms with E-state index in [0.717, 1.165) is 0 Å². The van der Waals surface area contributed by atoms with E-state index in [2.05, 4.69) is 26.6 Å². The molecular weight excluding hydrogens is 1570 g/mol. The van der Waals surface area contributed by atoms with Crippen molar-refractivity contribution in [1.29, 1.82) is 0 Å². The number of nitrogens with zero attached hydrogens (tertiary/aromatic N) is 2. The summed E-state index contributed by atoms with van der Waals surface area (Å²) in [6, 6.07) is 0. The molecule has 116 heavy (non-hydrogen) atoms. The normalized spacial score (nSPS) is 21.9. The van der Waals surface area contributed by atoms with Gasteiger partial charge in [0.2, 0.25) is 29.5 Å². The monoisotopic (exact) mass is 1700 g/mol. The van der Waals surface area contributed by atoms with Crippen LogP contribution in [0, 0.1) is 0 Å². The Labute approximate surface area is 666 Å². The van der Waals surface area contributed by atoms with Crippen LogP contribution in [0.2, 0.25) is 0 Å². The van der Waals surface area contributed by atoms with Crippen molar-refractivity contribution >= 4 is 47.3 Å². The highest BCUT2D eigenvalue weighted by Gasteiger charge is 2.46. The number of nitrogens with one attached hydrogen (secondary N) is 5. The number of unbranched alkanes of at least 4 members (excludes halogenated alkanes) is 6. The molecule has 0 aromatic rings. The summed E-state index contributed by atoms with van der Waals surface area (Å²) in [6.45, 7) is -6.45. The Kier molecular flexibility index (Phi) is 54.6. The summed E-state index contributed by atoms with van der Waals surface area (Å²) in [6.07, 6.45) is -51.0. The maximum absolute atomic E-state index is 13.2. The van der Waals surface area contributed by atoms with Gasteiger partial charge in [-0.05, 0) is 70.6 Å². The zero-order valence-corrected chi connectivity index (χ0v) is 64.3. The minimum atomic E-state index is -2.51. The number of carbonyl (C=O) groups excluding carboxylic acids is 8. The van der Waals surface area contributed by atoms with E-state index >= 15 is 0 Å². The number of aliphatic hydroxyl groups excluding tert-OH is 25. The molecule has 678 valence electrons. The highest BCUT2D eigenvalue weighted by atomic mass is 16.7. The quantitative estimate of drug-likeness (QED) is 0.0153.